The molecule has 2 aromatic rings. The van der Waals surface area contributed by atoms with E-state index in [-0.39, 0.29) is 17.0 Å². The number of carbonyl (C=O) groups excluding carboxylic acids is 2. The van der Waals surface area contributed by atoms with Gasteiger partial charge in [0, 0.05) is 6.42 Å². The summed E-state index contributed by atoms with van der Waals surface area (Å²) < 4.78 is 14.0. The van der Waals surface area contributed by atoms with E-state index >= 15 is 0 Å². The molecule has 0 aromatic heterocycles. The van der Waals surface area contributed by atoms with E-state index in [9.17, 15) is 14.7 Å². The van der Waals surface area contributed by atoms with Gasteiger partial charge in [-0.1, -0.05) is 15.9 Å². The summed E-state index contributed by atoms with van der Waals surface area (Å²) >= 11 is 11.5. The number of benzene rings is 2. The zero-order valence-corrected chi connectivity index (χ0v) is 25.0. The summed E-state index contributed by atoms with van der Waals surface area (Å²) in [5, 5.41) is 12.7. The van der Waals surface area contributed by atoms with E-state index in [0.717, 1.165) is 12.7 Å². The Bertz CT molecular complexity index is 894. The number of hydrogen-bond donors (Lipinski definition) is 2. The van der Waals surface area contributed by atoms with Gasteiger partial charge >= 0.3 is 5.97 Å². The Hall–Kier alpha value is 0.380. The van der Waals surface area contributed by atoms with E-state index in [0.29, 0.717) is 25.1 Å². The number of esters is 1. The Morgan fingerprint density at radius 1 is 1.07 bits per heavy atom. The average Bonchev–Trinajstić information content (AvgIpc) is 2.67. The van der Waals surface area contributed by atoms with Crippen molar-refractivity contribution in [1.82, 2.24) is 5.32 Å². The van der Waals surface area contributed by atoms with Gasteiger partial charge in [-0.05, 0) is 120 Å². The first kappa shape index (κ1) is 25.6. The fourth-order valence-corrected chi connectivity index (χ4v) is 6.34. The van der Waals surface area contributed by atoms with Crippen molar-refractivity contribution in [2.45, 2.75) is 12.5 Å². The van der Waals surface area contributed by atoms with Crippen LogP contribution in [0.3, 0.4) is 0 Å². The van der Waals surface area contributed by atoms with Crippen LogP contribution in [0.25, 0.3) is 0 Å². The third kappa shape index (κ3) is 7.20. The smallest absolute Gasteiger partial charge is 0.328 e. The highest BCUT2D eigenvalue weighted by molar-refractivity contribution is 14.1. The van der Waals surface area contributed by atoms with Crippen LogP contribution in [0, 0.1) is 14.3 Å². The lowest BCUT2D eigenvalue weighted by atomic mass is 10.1. The maximum Gasteiger partial charge on any atom is 0.328 e. The Morgan fingerprint density at radius 3 is 2.10 bits per heavy atom. The van der Waals surface area contributed by atoms with Crippen LogP contribution in [0.1, 0.15) is 5.56 Å². The van der Waals surface area contributed by atoms with E-state index in [1.54, 1.807) is 12.1 Å². The number of phenols is 1. The number of methoxy groups -OCH3 is 1. The normalized spacial score (nSPS) is 11.7. The van der Waals surface area contributed by atoms with Crippen molar-refractivity contribution < 1.29 is 24.2 Å². The maximum absolute atomic E-state index is 12.0. The molecule has 0 fully saturated rings. The summed E-state index contributed by atoms with van der Waals surface area (Å²) in [4.78, 5) is 23.7. The van der Waals surface area contributed by atoms with Gasteiger partial charge in [0.15, 0.2) is 5.75 Å². The molecule has 0 saturated carbocycles. The third-order valence-corrected chi connectivity index (χ3v) is 7.41. The number of nitrogens with one attached hydrogen (secondary N) is 1. The summed E-state index contributed by atoms with van der Waals surface area (Å²) in [6.45, 7) is 0. The zero-order chi connectivity index (χ0) is 21.7. The van der Waals surface area contributed by atoms with Crippen molar-refractivity contribution in [2.24, 2.45) is 0 Å². The molecule has 0 unspecified atom stereocenters. The predicted octanol–water partition coefficient (Wildman–Crippen LogP) is 5.20. The first-order chi connectivity index (χ1) is 13.7. The lowest BCUT2D eigenvalue weighted by molar-refractivity contribution is -0.144. The lowest BCUT2D eigenvalue weighted by Crippen LogP contribution is -2.43. The highest BCUT2D eigenvalue weighted by Crippen LogP contribution is 2.37. The van der Waals surface area contributed by atoms with E-state index in [2.05, 4.69) is 112 Å². The largest absolute Gasteiger partial charge is 0.506 e. The van der Waals surface area contributed by atoms with Crippen LogP contribution in [0.4, 0.5) is 0 Å². The third-order valence-electron chi connectivity index (χ3n) is 3.65. The van der Waals surface area contributed by atoms with Crippen molar-refractivity contribution in [3.05, 3.63) is 44.1 Å². The van der Waals surface area contributed by atoms with E-state index in [1.165, 1.54) is 7.11 Å². The second-order valence-electron chi connectivity index (χ2n) is 5.71. The second-order valence-corrected chi connectivity index (χ2v) is 10.9. The van der Waals surface area contributed by atoms with Crippen LogP contribution < -0.4 is 10.1 Å². The highest BCUT2D eigenvalue weighted by Gasteiger charge is 2.23. The van der Waals surface area contributed by atoms with Crippen LogP contribution in [-0.4, -0.2) is 35.5 Å². The van der Waals surface area contributed by atoms with Crippen LogP contribution in [0.15, 0.2) is 24.3 Å². The molecule has 0 aliphatic heterocycles. The van der Waals surface area contributed by atoms with Gasteiger partial charge in [-0.3, -0.25) is 4.79 Å². The molecular formula is C18H14BrI4NO5. The molecule has 2 N–H and O–H groups in total. The number of rotatable bonds is 7. The number of ether oxygens (including phenoxy) is 2. The number of carbonyl (C=O) groups is 2. The quantitative estimate of drug-likeness (QED) is 0.227. The van der Waals surface area contributed by atoms with Crippen molar-refractivity contribution in [3.63, 3.8) is 0 Å². The van der Waals surface area contributed by atoms with Gasteiger partial charge in [-0.2, -0.15) is 0 Å². The van der Waals surface area contributed by atoms with Gasteiger partial charge in [-0.25, -0.2) is 4.79 Å². The molecule has 0 aliphatic rings. The standard InChI is InChI=1S/C18H14BrI4NO5/c1-28-18(27)14(24-15(25)7-19)4-8-2-12(22)17(13(23)3-8)29-9-5-10(20)16(26)11(21)6-9/h2-3,5-6,14,26H,4,7H2,1H3,(H,24,25)/t14-/m0/s1. The molecule has 1 amide bonds. The van der Waals surface area contributed by atoms with Crippen LogP contribution in [0.2, 0.25) is 0 Å². The Balaban J connectivity index is 2.28. The zero-order valence-electron chi connectivity index (χ0n) is 14.8. The molecular weight excluding hydrogens is 898 g/mol. The van der Waals surface area contributed by atoms with E-state index < -0.39 is 12.0 Å². The summed E-state index contributed by atoms with van der Waals surface area (Å²) in [6, 6.07) is 6.57. The van der Waals surface area contributed by atoms with Crippen molar-refractivity contribution in [2.75, 3.05) is 12.4 Å². The number of amides is 1. The minimum absolute atomic E-state index is 0.104. The van der Waals surface area contributed by atoms with Crippen molar-refractivity contribution in [1.29, 1.82) is 0 Å². The SMILES string of the molecule is COC(=O)[C@H](Cc1cc(I)c(Oc2cc(I)c(O)c(I)c2)c(I)c1)NC(=O)CBr. The van der Waals surface area contributed by atoms with Gasteiger partial charge in [0.05, 0.1) is 26.7 Å². The van der Waals surface area contributed by atoms with Crippen LogP contribution >= 0.6 is 106 Å². The topological polar surface area (TPSA) is 84.9 Å². The van der Waals surface area contributed by atoms with Crippen molar-refractivity contribution >= 4 is 118 Å². The number of halogens is 5. The molecule has 156 valence electrons. The molecule has 0 heterocycles. The maximum atomic E-state index is 12.0. The highest BCUT2D eigenvalue weighted by atomic mass is 127. The predicted molar refractivity (Wildman–Crippen MR) is 147 cm³/mol. The molecule has 0 spiro atoms. The number of hydrogen-bond acceptors (Lipinski definition) is 5. The molecule has 11 heteroatoms. The molecule has 6 nitrogen and oxygen atoms in total. The summed E-state index contributed by atoms with van der Waals surface area (Å²) in [6.07, 6.45) is 0.298. The van der Waals surface area contributed by atoms with E-state index in [4.69, 9.17) is 9.47 Å². The minimum atomic E-state index is -0.774. The number of aromatic hydroxyl groups is 1. The molecule has 2 rings (SSSR count). The monoisotopic (exact) mass is 911 g/mol. The van der Waals surface area contributed by atoms with Gasteiger partial charge in [0.2, 0.25) is 5.91 Å². The first-order valence-electron chi connectivity index (χ1n) is 7.93. The van der Waals surface area contributed by atoms with Gasteiger partial charge < -0.3 is 19.9 Å². The van der Waals surface area contributed by atoms with Gasteiger partial charge in [0.25, 0.3) is 0 Å². The minimum Gasteiger partial charge on any atom is -0.506 e. The first-order valence-corrected chi connectivity index (χ1v) is 13.4. The number of alkyl halides is 1. The Kier molecular flexibility index (Phi) is 10.5. The Labute approximate surface area is 230 Å². The molecule has 0 radical (unpaired) electrons. The average molecular weight is 912 g/mol. The fraction of sp³-hybridized carbons (Fsp3) is 0.222. The molecule has 0 aliphatic carbocycles. The molecule has 2 aromatic carbocycles. The van der Waals surface area contributed by atoms with E-state index in [1.807, 2.05) is 12.1 Å². The molecule has 1 atom stereocenters. The summed E-state index contributed by atoms with van der Waals surface area (Å²) in [5.74, 6) is 0.750. The summed E-state index contributed by atoms with van der Waals surface area (Å²) in [5.41, 5.74) is 0.867. The van der Waals surface area contributed by atoms with Gasteiger partial charge in [0.1, 0.15) is 17.5 Å². The molecule has 0 bridgehead atoms. The van der Waals surface area contributed by atoms with Crippen molar-refractivity contribution in [3.8, 4) is 17.2 Å². The number of phenolic OH excluding ortho intramolecular Hbond substituents is 1. The molecule has 29 heavy (non-hydrogen) atoms. The Morgan fingerprint density at radius 2 is 1.62 bits per heavy atom. The van der Waals surface area contributed by atoms with Crippen LogP contribution in [0.5, 0.6) is 17.2 Å². The summed E-state index contributed by atoms with van der Waals surface area (Å²) in [7, 11) is 1.29. The molecule has 0 saturated heterocycles. The van der Waals surface area contributed by atoms with Crippen LogP contribution in [-0.2, 0) is 20.7 Å². The lowest BCUT2D eigenvalue weighted by Gasteiger charge is -2.18. The van der Waals surface area contributed by atoms with Gasteiger partial charge in [-0.15, -0.1) is 0 Å². The fourth-order valence-electron chi connectivity index (χ4n) is 2.35. The second kappa shape index (κ2) is 11.8.